The smallest absolute Gasteiger partial charge is 0.321 e. The van der Waals surface area contributed by atoms with Crippen molar-refractivity contribution in [3.8, 4) is 0 Å². The van der Waals surface area contributed by atoms with Gasteiger partial charge in [-0.25, -0.2) is 0 Å². The average Bonchev–Trinajstić information content (AvgIpc) is 2.17. The summed E-state index contributed by atoms with van der Waals surface area (Å²) >= 11 is 0. The van der Waals surface area contributed by atoms with Crippen LogP contribution in [0.3, 0.4) is 0 Å². The number of rotatable bonds is 1. The van der Waals surface area contributed by atoms with Gasteiger partial charge < -0.3 is 10.4 Å². The molecule has 2 N–H and O–H groups in total. The summed E-state index contributed by atoms with van der Waals surface area (Å²) in [5, 5.41) is 11.8. The van der Waals surface area contributed by atoms with Gasteiger partial charge in [-0.2, -0.15) is 0 Å². The van der Waals surface area contributed by atoms with Gasteiger partial charge in [0.15, 0.2) is 0 Å². The minimum absolute atomic E-state index is 0.421. The van der Waals surface area contributed by atoms with E-state index in [2.05, 4.69) is 5.32 Å². The fourth-order valence-corrected chi connectivity index (χ4v) is 1.63. The van der Waals surface area contributed by atoms with Crippen LogP contribution in [-0.2, 0) is 17.8 Å². The summed E-state index contributed by atoms with van der Waals surface area (Å²) in [5.74, 6) is -0.769. The number of carboxylic acid groups (broad SMARTS) is 1. The Kier molecular flexibility index (Phi) is 2.02. The van der Waals surface area contributed by atoms with E-state index in [1.807, 2.05) is 24.3 Å². The van der Waals surface area contributed by atoms with Crippen molar-refractivity contribution >= 4 is 5.97 Å². The number of hydrogen-bond acceptors (Lipinski definition) is 2. The zero-order chi connectivity index (χ0) is 9.26. The molecule has 1 atom stereocenters. The van der Waals surface area contributed by atoms with Gasteiger partial charge in [-0.05, 0) is 17.5 Å². The quantitative estimate of drug-likeness (QED) is 0.666. The molecule has 68 valence electrons. The highest BCUT2D eigenvalue weighted by Gasteiger charge is 2.22. The zero-order valence-electron chi connectivity index (χ0n) is 7.16. The number of carbonyl (C=O) groups is 1. The van der Waals surface area contributed by atoms with Crippen molar-refractivity contribution in [3.05, 3.63) is 35.4 Å². The highest BCUT2D eigenvalue weighted by Crippen LogP contribution is 2.15. The van der Waals surface area contributed by atoms with Gasteiger partial charge in [0.2, 0.25) is 0 Å². The van der Waals surface area contributed by atoms with Gasteiger partial charge in [0.1, 0.15) is 6.04 Å². The van der Waals surface area contributed by atoms with Crippen molar-refractivity contribution in [2.45, 2.75) is 19.0 Å². The van der Waals surface area contributed by atoms with Gasteiger partial charge in [-0.3, -0.25) is 4.79 Å². The molecule has 0 bridgehead atoms. The van der Waals surface area contributed by atoms with E-state index in [1.165, 1.54) is 5.56 Å². The molecule has 1 heterocycles. The van der Waals surface area contributed by atoms with Gasteiger partial charge in [0.05, 0.1) is 0 Å². The Morgan fingerprint density at radius 1 is 1.38 bits per heavy atom. The lowest BCUT2D eigenvalue weighted by Gasteiger charge is -2.22. The summed E-state index contributed by atoms with van der Waals surface area (Å²) in [4.78, 5) is 10.7. The second kappa shape index (κ2) is 3.18. The summed E-state index contributed by atoms with van der Waals surface area (Å²) in [5.41, 5.74) is 2.36. The number of nitrogens with one attached hydrogen (secondary N) is 1. The Labute approximate surface area is 76.4 Å². The molecule has 2 rings (SSSR count). The first-order chi connectivity index (χ1) is 6.27. The Morgan fingerprint density at radius 2 is 2.08 bits per heavy atom. The Hall–Kier alpha value is -1.35. The van der Waals surface area contributed by atoms with Crippen LogP contribution in [0.15, 0.2) is 24.3 Å². The molecule has 0 radical (unpaired) electrons. The SMILES string of the molecule is O=C(O)[C@H]1Cc2ccccc2CN1. The molecule has 3 nitrogen and oxygen atoms in total. The predicted octanol–water partition coefficient (Wildman–Crippen LogP) is 0.786. The van der Waals surface area contributed by atoms with Crippen molar-refractivity contribution in [1.82, 2.24) is 5.32 Å². The van der Waals surface area contributed by atoms with Crippen LogP contribution < -0.4 is 5.32 Å². The van der Waals surface area contributed by atoms with Crippen LogP contribution in [0.4, 0.5) is 0 Å². The summed E-state index contributed by atoms with van der Waals surface area (Å²) < 4.78 is 0. The number of aliphatic carboxylic acids is 1. The van der Waals surface area contributed by atoms with Crippen molar-refractivity contribution in [3.63, 3.8) is 0 Å². The molecule has 0 saturated heterocycles. The van der Waals surface area contributed by atoms with E-state index in [0.29, 0.717) is 13.0 Å². The van der Waals surface area contributed by atoms with Crippen molar-refractivity contribution in [2.24, 2.45) is 0 Å². The van der Waals surface area contributed by atoms with Gasteiger partial charge in [0.25, 0.3) is 0 Å². The first kappa shape index (κ1) is 8.26. The van der Waals surface area contributed by atoms with E-state index >= 15 is 0 Å². The summed E-state index contributed by atoms with van der Waals surface area (Å²) in [6.07, 6.45) is 0.589. The topological polar surface area (TPSA) is 49.3 Å². The molecule has 0 fully saturated rings. The molecule has 0 aromatic heterocycles. The van der Waals surface area contributed by atoms with E-state index < -0.39 is 12.0 Å². The van der Waals surface area contributed by atoms with Gasteiger partial charge in [-0.15, -0.1) is 0 Å². The van der Waals surface area contributed by atoms with Crippen LogP contribution in [0.5, 0.6) is 0 Å². The Morgan fingerprint density at radius 3 is 2.77 bits per heavy atom. The number of hydrogen-bond donors (Lipinski definition) is 2. The molecular weight excluding hydrogens is 166 g/mol. The first-order valence-corrected chi connectivity index (χ1v) is 4.30. The maximum Gasteiger partial charge on any atom is 0.321 e. The fraction of sp³-hybridized carbons (Fsp3) is 0.300. The van der Waals surface area contributed by atoms with E-state index in [4.69, 9.17) is 5.11 Å². The summed E-state index contributed by atoms with van der Waals surface area (Å²) in [7, 11) is 0. The molecule has 0 aliphatic carbocycles. The average molecular weight is 177 g/mol. The van der Waals surface area contributed by atoms with Gasteiger partial charge in [0, 0.05) is 6.54 Å². The molecule has 1 aromatic carbocycles. The van der Waals surface area contributed by atoms with Crippen LogP contribution in [-0.4, -0.2) is 17.1 Å². The van der Waals surface area contributed by atoms with E-state index in [-0.39, 0.29) is 0 Å². The van der Waals surface area contributed by atoms with Crippen LogP contribution >= 0.6 is 0 Å². The standard InChI is InChI=1S/C10H11NO2/c12-10(13)9-5-7-3-1-2-4-8(7)6-11-9/h1-4,9,11H,5-6H2,(H,12,13)/t9-/m1/s1. The molecule has 13 heavy (non-hydrogen) atoms. The number of carboxylic acids is 1. The maximum atomic E-state index is 10.7. The van der Waals surface area contributed by atoms with Crippen LogP contribution in [0, 0.1) is 0 Å². The number of benzene rings is 1. The van der Waals surface area contributed by atoms with Crippen molar-refractivity contribution in [2.75, 3.05) is 0 Å². The molecule has 0 saturated carbocycles. The lowest BCUT2D eigenvalue weighted by Crippen LogP contribution is -2.41. The third-order valence-electron chi connectivity index (χ3n) is 2.38. The van der Waals surface area contributed by atoms with E-state index in [9.17, 15) is 4.79 Å². The highest BCUT2D eigenvalue weighted by molar-refractivity contribution is 5.74. The first-order valence-electron chi connectivity index (χ1n) is 4.30. The van der Waals surface area contributed by atoms with Crippen LogP contribution in [0.2, 0.25) is 0 Å². The summed E-state index contributed by atoms with van der Waals surface area (Å²) in [6, 6.07) is 7.52. The van der Waals surface area contributed by atoms with Crippen molar-refractivity contribution in [1.29, 1.82) is 0 Å². The van der Waals surface area contributed by atoms with Gasteiger partial charge in [-0.1, -0.05) is 24.3 Å². The molecule has 0 spiro atoms. The lowest BCUT2D eigenvalue weighted by atomic mass is 9.96. The monoisotopic (exact) mass is 177 g/mol. The number of fused-ring (bicyclic) bond motifs is 1. The fourth-order valence-electron chi connectivity index (χ4n) is 1.63. The Bertz CT molecular complexity index is 335. The molecular formula is C10H11NO2. The minimum atomic E-state index is -0.769. The normalized spacial score (nSPS) is 20.8. The Balaban J connectivity index is 2.24. The molecule has 3 heteroatoms. The largest absolute Gasteiger partial charge is 0.480 e. The van der Waals surface area contributed by atoms with E-state index in [1.54, 1.807) is 0 Å². The zero-order valence-corrected chi connectivity index (χ0v) is 7.16. The molecule has 0 amide bonds. The lowest BCUT2D eigenvalue weighted by molar-refractivity contribution is -0.139. The third kappa shape index (κ3) is 1.55. The second-order valence-corrected chi connectivity index (χ2v) is 3.24. The second-order valence-electron chi connectivity index (χ2n) is 3.24. The van der Waals surface area contributed by atoms with Crippen molar-refractivity contribution < 1.29 is 9.90 Å². The minimum Gasteiger partial charge on any atom is -0.480 e. The van der Waals surface area contributed by atoms with Gasteiger partial charge >= 0.3 is 5.97 Å². The third-order valence-corrected chi connectivity index (χ3v) is 2.38. The van der Waals surface area contributed by atoms with E-state index in [0.717, 1.165) is 5.56 Å². The molecule has 1 aliphatic rings. The molecule has 1 aromatic rings. The van der Waals surface area contributed by atoms with Crippen LogP contribution in [0.25, 0.3) is 0 Å². The highest BCUT2D eigenvalue weighted by atomic mass is 16.4. The molecule has 1 aliphatic heterocycles. The summed E-state index contributed by atoms with van der Waals surface area (Å²) in [6.45, 7) is 0.660. The van der Waals surface area contributed by atoms with Crippen LogP contribution in [0.1, 0.15) is 11.1 Å². The predicted molar refractivity (Wildman–Crippen MR) is 48.4 cm³/mol. The maximum absolute atomic E-state index is 10.7. The molecule has 0 unspecified atom stereocenters.